The Morgan fingerprint density at radius 2 is 1.91 bits per heavy atom. The first-order valence-corrected chi connectivity index (χ1v) is 7.89. The third-order valence-electron chi connectivity index (χ3n) is 4.69. The van der Waals surface area contributed by atoms with E-state index in [1.54, 1.807) is 4.68 Å². The van der Waals surface area contributed by atoms with E-state index in [2.05, 4.69) is 17.2 Å². The molecule has 1 aliphatic carbocycles. The average Bonchev–Trinajstić information content (AvgIpc) is 3.01. The molecule has 1 heterocycles. The number of aromatic nitrogens is 2. The number of aromatic hydroxyl groups is 1. The Bertz CT molecular complexity index is 775. The molecule has 2 aromatic rings. The summed E-state index contributed by atoms with van der Waals surface area (Å²) in [6.45, 7) is 1.83. The summed E-state index contributed by atoms with van der Waals surface area (Å²) in [6.07, 6.45) is 5.67. The molecule has 3 rings (SSSR count). The van der Waals surface area contributed by atoms with Crippen molar-refractivity contribution in [3.63, 3.8) is 0 Å². The second kappa shape index (κ2) is 5.99. The predicted octanol–water partition coefficient (Wildman–Crippen LogP) is 2.66. The SMILES string of the molecule is CC(=O)c1nn(CC2(c3ccccc3)CCCC2)cc(O)c1=O. The van der Waals surface area contributed by atoms with Crippen LogP contribution in [0.15, 0.2) is 41.3 Å². The summed E-state index contributed by atoms with van der Waals surface area (Å²) < 4.78 is 1.55. The average molecular weight is 312 g/mol. The van der Waals surface area contributed by atoms with Gasteiger partial charge in [-0.25, -0.2) is 0 Å². The van der Waals surface area contributed by atoms with Gasteiger partial charge in [-0.1, -0.05) is 43.2 Å². The zero-order valence-electron chi connectivity index (χ0n) is 13.2. The van der Waals surface area contributed by atoms with E-state index in [1.165, 1.54) is 18.7 Å². The lowest BCUT2D eigenvalue weighted by Crippen LogP contribution is -2.31. The summed E-state index contributed by atoms with van der Waals surface area (Å²) >= 11 is 0. The van der Waals surface area contributed by atoms with E-state index in [-0.39, 0.29) is 11.1 Å². The maximum Gasteiger partial charge on any atom is 0.252 e. The molecule has 0 atom stereocenters. The first kappa shape index (κ1) is 15.5. The number of carbonyl (C=O) groups is 1. The van der Waals surface area contributed by atoms with Crippen molar-refractivity contribution >= 4 is 5.78 Å². The van der Waals surface area contributed by atoms with Crippen molar-refractivity contribution in [2.24, 2.45) is 0 Å². The van der Waals surface area contributed by atoms with Gasteiger partial charge in [0.05, 0.1) is 12.7 Å². The second-order valence-electron chi connectivity index (χ2n) is 6.30. The van der Waals surface area contributed by atoms with Crippen LogP contribution in [0.1, 0.15) is 48.7 Å². The van der Waals surface area contributed by atoms with Crippen molar-refractivity contribution in [3.8, 4) is 5.75 Å². The molecule has 1 aromatic carbocycles. The van der Waals surface area contributed by atoms with Crippen LogP contribution in [-0.4, -0.2) is 20.7 Å². The minimum Gasteiger partial charge on any atom is -0.503 e. The van der Waals surface area contributed by atoms with Crippen molar-refractivity contribution in [2.45, 2.75) is 44.6 Å². The molecular formula is C18H20N2O3. The van der Waals surface area contributed by atoms with Crippen LogP contribution >= 0.6 is 0 Å². The third-order valence-corrected chi connectivity index (χ3v) is 4.69. The van der Waals surface area contributed by atoms with E-state index in [4.69, 9.17) is 0 Å². The summed E-state index contributed by atoms with van der Waals surface area (Å²) in [5.74, 6) is -0.855. The first-order chi connectivity index (χ1) is 11.0. The maximum atomic E-state index is 11.8. The fourth-order valence-corrected chi connectivity index (χ4v) is 3.53. The minimum absolute atomic E-state index is 0.0656. The molecule has 1 aromatic heterocycles. The minimum atomic E-state index is -0.700. The number of hydrogen-bond donors (Lipinski definition) is 1. The lowest BCUT2D eigenvalue weighted by molar-refractivity contribution is 0.100. The van der Waals surface area contributed by atoms with Crippen molar-refractivity contribution < 1.29 is 9.90 Å². The van der Waals surface area contributed by atoms with Crippen LogP contribution in [0.4, 0.5) is 0 Å². The lowest BCUT2D eigenvalue weighted by Gasteiger charge is -2.30. The number of nitrogens with zero attached hydrogens (tertiary/aromatic N) is 2. The van der Waals surface area contributed by atoms with Crippen molar-refractivity contribution in [2.75, 3.05) is 0 Å². The van der Waals surface area contributed by atoms with E-state index in [0.717, 1.165) is 25.7 Å². The number of hydrogen-bond acceptors (Lipinski definition) is 4. The smallest absolute Gasteiger partial charge is 0.252 e. The largest absolute Gasteiger partial charge is 0.503 e. The Hall–Kier alpha value is -2.43. The molecule has 0 aliphatic heterocycles. The zero-order chi connectivity index (χ0) is 16.4. The molecule has 5 heteroatoms. The number of carbonyl (C=O) groups excluding carboxylic acids is 1. The van der Waals surface area contributed by atoms with E-state index in [9.17, 15) is 14.7 Å². The topological polar surface area (TPSA) is 72.2 Å². The molecule has 0 saturated heterocycles. The molecule has 0 unspecified atom stereocenters. The van der Waals surface area contributed by atoms with Gasteiger partial charge in [0.1, 0.15) is 0 Å². The summed E-state index contributed by atoms with van der Waals surface area (Å²) in [5.41, 5.74) is 0.270. The van der Waals surface area contributed by atoms with E-state index in [1.807, 2.05) is 18.2 Å². The Labute approximate surface area is 134 Å². The van der Waals surface area contributed by atoms with Crippen molar-refractivity contribution in [3.05, 3.63) is 58.0 Å². The highest BCUT2D eigenvalue weighted by atomic mass is 16.3. The molecule has 1 aliphatic rings. The Morgan fingerprint density at radius 1 is 1.26 bits per heavy atom. The molecule has 1 fully saturated rings. The van der Waals surface area contributed by atoms with Crippen LogP contribution in [0.25, 0.3) is 0 Å². The monoisotopic (exact) mass is 312 g/mol. The van der Waals surface area contributed by atoms with Gasteiger partial charge >= 0.3 is 0 Å². The molecule has 5 nitrogen and oxygen atoms in total. The highest BCUT2D eigenvalue weighted by molar-refractivity contribution is 5.92. The molecule has 1 saturated carbocycles. The Kier molecular flexibility index (Phi) is 4.03. The molecule has 23 heavy (non-hydrogen) atoms. The molecule has 0 radical (unpaired) electrons. The highest BCUT2D eigenvalue weighted by Crippen LogP contribution is 2.42. The fraction of sp³-hybridized carbons (Fsp3) is 0.389. The van der Waals surface area contributed by atoms with Gasteiger partial charge in [0, 0.05) is 12.3 Å². The zero-order valence-corrected chi connectivity index (χ0v) is 13.2. The molecule has 120 valence electrons. The molecule has 0 bridgehead atoms. The summed E-state index contributed by atoms with van der Waals surface area (Å²) in [7, 11) is 0. The quantitative estimate of drug-likeness (QED) is 0.881. The third kappa shape index (κ3) is 2.91. The lowest BCUT2D eigenvalue weighted by atomic mass is 9.79. The molecule has 1 N–H and O–H groups in total. The molecular weight excluding hydrogens is 292 g/mol. The summed E-state index contributed by atoms with van der Waals surface area (Å²) in [4.78, 5) is 23.4. The summed E-state index contributed by atoms with van der Waals surface area (Å²) in [5, 5.41) is 14.0. The summed E-state index contributed by atoms with van der Waals surface area (Å²) in [6, 6.07) is 10.3. The van der Waals surface area contributed by atoms with Gasteiger partial charge in [0.2, 0.25) is 0 Å². The normalized spacial score (nSPS) is 16.4. The Balaban J connectivity index is 2.02. The van der Waals surface area contributed by atoms with Gasteiger partial charge in [0.25, 0.3) is 5.43 Å². The number of rotatable bonds is 4. The van der Waals surface area contributed by atoms with Crippen LogP contribution < -0.4 is 5.43 Å². The maximum absolute atomic E-state index is 11.8. The van der Waals surface area contributed by atoms with Crippen LogP contribution in [-0.2, 0) is 12.0 Å². The van der Waals surface area contributed by atoms with Crippen LogP contribution in [0.2, 0.25) is 0 Å². The van der Waals surface area contributed by atoms with Gasteiger partial charge in [-0.05, 0) is 18.4 Å². The number of ketones is 1. The van der Waals surface area contributed by atoms with Gasteiger partial charge < -0.3 is 5.11 Å². The van der Waals surface area contributed by atoms with E-state index >= 15 is 0 Å². The van der Waals surface area contributed by atoms with Gasteiger partial charge in [-0.15, -0.1) is 0 Å². The predicted molar refractivity (Wildman–Crippen MR) is 86.8 cm³/mol. The Morgan fingerprint density at radius 3 is 2.52 bits per heavy atom. The van der Waals surface area contributed by atoms with Crippen molar-refractivity contribution in [1.29, 1.82) is 0 Å². The van der Waals surface area contributed by atoms with Crippen LogP contribution in [0.3, 0.4) is 0 Å². The highest BCUT2D eigenvalue weighted by Gasteiger charge is 2.36. The van der Waals surface area contributed by atoms with Crippen LogP contribution in [0, 0.1) is 0 Å². The molecule has 0 spiro atoms. The standard InChI is InChI=1S/C18H20N2O3/c1-13(21)16-17(23)15(22)11-20(19-16)12-18(9-5-6-10-18)14-7-3-2-4-8-14/h2-4,7-8,11,22H,5-6,9-10,12H2,1H3. The van der Waals surface area contributed by atoms with E-state index < -0.39 is 17.0 Å². The van der Waals surface area contributed by atoms with Gasteiger partial charge in [-0.3, -0.25) is 14.3 Å². The molecule has 0 amide bonds. The first-order valence-electron chi connectivity index (χ1n) is 7.89. The number of benzene rings is 1. The second-order valence-corrected chi connectivity index (χ2v) is 6.30. The number of Topliss-reactive ketones (excluding diaryl/α,β-unsaturated/α-hetero) is 1. The van der Waals surface area contributed by atoms with Crippen LogP contribution in [0.5, 0.6) is 5.75 Å². The van der Waals surface area contributed by atoms with E-state index in [0.29, 0.717) is 6.54 Å². The van der Waals surface area contributed by atoms with Gasteiger partial charge in [0.15, 0.2) is 17.2 Å². The van der Waals surface area contributed by atoms with Gasteiger partial charge in [-0.2, -0.15) is 5.10 Å². The van der Waals surface area contributed by atoms with Crippen molar-refractivity contribution in [1.82, 2.24) is 9.78 Å². The fourth-order valence-electron chi connectivity index (χ4n) is 3.53.